The summed E-state index contributed by atoms with van der Waals surface area (Å²) in [5, 5.41) is 4.30. The molecule has 2 fully saturated rings. The maximum atomic E-state index is 12.8. The lowest BCUT2D eigenvalue weighted by molar-refractivity contribution is -0.134. The Kier molecular flexibility index (Phi) is 4.69. The topological polar surface area (TPSA) is 82.9 Å². The van der Waals surface area contributed by atoms with Gasteiger partial charge in [0.1, 0.15) is 23.2 Å². The number of hydrogen-bond donors (Lipinski definition) is 1. The first-order valence-electron chi connectivity index (χ1n) is 10.6. The number of rotatable bonds is 4. The molecule has 1 N–H and O–H groups in total. The normalized spacial score (nSPS) is 21.1. The van der Waals surface area contributed by atoms with Crippen molar-refractivity contribution in [3.05, 3.63) is 36.4 Å². The van der Waals surface area contributed by atoms with Crippen LogP contribution in [0.15, 0.2) is 30.6 Å². The molecule has 5 heterocycles. The van der Waals surface area contributed by atoms with Gasteiger partial charge in [-0.1, -0.05) is 0 Å². The Morgan fingerprint density at radius 1 is 1.17 bits per heavy atom. The number of nitrogens with zero attached hydrogens (tertiary/aromatic N) is 6. The molecule has 3 aromatic rings. The van der Waals surface area contributed by atoms with E-state index in [4.69, 9.17) is 9.97 Å². The van der Waals surface area contributed by atoms with Crippen LogP contribution in [-0.4, -0.2) is 61.7 Å². The summed E-state index contributed by atoms with van der Waals surface area (Å²) in [5.74, 6) is 2.16. The van der Waals surface area contributed by atoms with Gasteiger partial charge in [-0.2, -0.15) is 5.10 Å². The van der Waals surface area contributed by atoms with Crippen molar-refractivity contribution in [2.24, 2.45) is 5.92 Å². The summed E-state index contributed by atoms with van der Waals surface area (Å²) in [6.07, 6.45) is 7.98. The molecule has 0 bridgehead atoms. The number of aromatic amines is 1. The minimum absolute atomic E-state index is 0.0140. The van der Waals surface area contributed by atoms with Gasteiger partial charge in [0.25, 0.3) is 0 Å². The molecule has 29 heavy (non-hydrogen) atoms. The Hall–Kier alpha value is -2.90. The van der Waals surface area contributed by atoms with Crippen molar-refractivity contribution in [3.8, 4) is 0 Å². The Balaban J connectivity index is 1.35. The van der Waals surface area contributed by atoms with Crippen molar-refractivity contribution >= 4 is 22.9 Å². The quantitative estimate of drug-likeness (QED) is 0.737. The number of H-pyrrole nitrogens is 1. The van der Waals surface area contributed by atoms with Crippen LogP contribution in [0.5, 0.6) is 0 Å². The van der Waals surface area contributed by atoms with Crippen molar-refractivity contribution in [2.45, 2.75) is 38.6 Å². The first-order chi connectivity index (χ1) is 14.2. The van der Waals surface area contributed by atoms with Gasteiger partial charge in [-0.15, -0.1) is 0 Å². The number of piperidine rings is 1. The van der Waals surface area contributed by atoms with Gasteiger partial charge in [0.2, 0.25) is 5.91 Å². The molecule has 2 aliphatic rings. The molecule has 0 radical (unpaired) electrons. The van der Waals surface area contributed by atoms with E-state index in [0.717, 1.165) is 74.7 Å². The molecular formula is C21H27N7O. The lowest BCUT2D eigenvalue weighted by Crippen LogP contribution is -2.44. The average Bonchev–Trinajstić information content (AvgIpc) is 3.53. The minimum atomic E-state index is 0.0140. The third kappa shape index (κ3) is 3.47. The highest BCUT2D eigenvalue weighted by atomic mass is 16.2. The molecule has 2 unspecified atom stereocenters. The fourth-order valence-electron chi connectivity index (χ4n) is 4.49. The number of pyridine rings is 1. The zero-order chi connectivity index (χ0) is 19.8. The Labute approximate surface area is 169 Å². The summed E-state index contributed by atoms with van der Waals surface area (Å²) in [6, 6.07) is 5.96. The van der Waals surface area contributed by atoms with Gasteiger partial charge in [0.15, 0.2) is 5.65 Å². The molecule has 2 aliphatic heterocycles. The van der Waals surface area contributed by atoms with Gasteiger partial charge in [-0.25, -0.2) is 9.97 Å². The molecule has 0 spiro atoms. The number of aromatic nitrogens is 5. The highest BCUT2D eigenvalue weighted by Gasteiger charge is 2.31. The molecule has 0 aromatic carbocycles. The van der Waals surface area contributed by atoms with E-state index in [1.807, 2.05) is 34.0 Å². The van der Waals surface area contributed by atoms with Crippen LogP contribution in [0.3, 0.4) is 0 Å². The summed E-state index contributed by atoms with van der Waals surface area (Å²) in [5.41, 5.74) is 1.63. The standard InChI is InChI=1S/C21H27N7O/c1-15(28-13-5-9-22-28)19-23-17-7-8-18(24-20(17)25-19)27-12-4-6-16(14-27)21(29)26-10-2-3-11-26/h5,7-9,13,15-16H,2-4,6,10-12,14H2,1H3,(H,23,24,25). The number of anilines is 1. The lowest BCUT2D eigenvalue weighted by atomic mass is 9.96. The first-order valence-corrected chi connectivity index (χ1v) is 10.6. The van der Waals surface area contributed by atoms with Gasteiger partial charge in [0, 0.05) is 38.6 Å². The van der Waals surface area contributed by atoms with Gasteiger partial charge in [0.05, 0.1) is 5.92 Å². The second kappa shape index (κ2) is 7.50. The number of carbonyl (C=O) groups excluding carboxylic acids is 1. The smallest absolute Gasteiger partial charge is 0.227 e. The van der Waals surface area contributed by atoms with E-state index in [2.05, 4.69) is 21.9 Å². The highest BCUT2D eigenvalue weighted by molar-refractivity contribution is 5.80. The number of amides is 1. The molecule has 0 aliphatic carbocycles. The first kappa shape index (κ1) is 18.1. The van der Waals surface area contributed by atoms with E-state index in [1.54, 1.807) is 6.20 Å². The van der Waals surface area contributed by atoms with Gasteiger partial charge < -0.3 is 14.8 Å². The van der Waals surface area contributed by atoms with Gasteiger partial charge >= 0.3 is 0 Å². The Morgan fingerprint density at radius 2 is 2.03 bits per heavy atom. The number of hydrogen-bond acceptors (Lipinski definition) is 5. The average molecular weight is 393 g/mol. The van der Waals surface area contributed by atoms with Crippen LogP contribution >= 0.6 is 0 Å². The molecule has 0 saturated carbocycles. The summed E-state index contributed by atoms with van der Waals surface area (Å²) >= 11 is 0. The number of fused-ring (bicyclic) bond motifs is 1. The maximum absolute atomic E-state index is 12.8. The minimum Gasteiger partial charge on any atom is -0.356 e. The van der Waals surface area contributed by atoms with Crippen molar-refractivity contribution in [2.75, 3.05) is 31.1 Å². The fourth-order valence-corrected chi connectivity index (χ4v) is 4.49. The van der Waals surface area contributed by atoms with Crippen LogP contribution in [0.25, 0.3) is 11.2 Å². The van der Waals surface area contributed by atoms with Crippen molar-refractivity contribution in [3.63, 3.8) is 0 Å². The highest BCUT2D eigenvalue weighted by Crippen LogP contribution is 2.26. The van der Waals surface area contributed by atoms with Crippen molar-refractivity contribution in [1.29, 1.82) is 0 Å². The number of likely N-dealkylation sites (tertiary alicyclic amines) is 1. The van der Waals surface area contributed by atoms with E-state index >= 15 is 0 Å². The summed E-state index contributed by atoms with van der Waals surface area (Å²) in [6.45, 7) is 5.59. The third-order valence-electron chi connectivity index (χ3n) is 6.18. The molecule has 5 rings (SSSR count). The second-order valence-electron chi connectivity index (χ2n) is 8.14. The third-order valence-corrected chi connectivity index (χ3v) is 6.18. The lowest BCUT2D eigenvalue weighted by Gasteiger charge is -2.34. The molecule has 1 amide bonds. The SMILES string of the molecule is CC(c1nc2ccc(N3CCCC(C(=O)N4CCCC4)C3)nc2[nH]1)n1cccn1. The predicted octanol–water partition coefficient (Wildman–Crippen LogP) is 2.60. The largest absolute Gasteiger partial charge is 0.356 e. The second-order valence-corrected chi connectivity index (χ2v) is 8.14. The molecule has 8 nitrogen and oxygen atoms in total. The van der Waals surface area contributed by atoms with E-state index < -0.39 is 0 Å². The summed E-state index contributed by atoms with van der Waals surface area (Å²) in [7, 11) is 0. The predicted molar refractivity (Wildman–Crippen MR) is 111 cm³/mol. The van der Waals surface area contributed by atoms with E-state index in [-0.39, 0.29) is 12.0 Å². The molecule has 8 heteroatoms. The van der Waals surface area contributed by atoms with Crippen LogP contribution in [0.4, 0.5) is 5.82 Å². The number of carbonyl (C=O) groups is 1. The van der Waals surface area contributed by atoms with Crippen molar-refractivity contribution in [1.82, 2.24) is 29.6 Å². The van der Waals surface area contributed by atoms with E-state index in [0.29, 0.717) is 5.91 Å². The van der Waals surface area contributed by atoms with Crippen LogP contribution in [0.2, 0.25) is 0 Å². The molecule has 152 valence electrons. The maximum Gasteiger partial charge on any atom is 0.227 e. The Morgan fingerprint density at radius 3 is 2.83 bits per heavy atom. The van der Waals surface area contributed by atoms with Gasteiger partial charge in [-0.3, -0.25) is 9.48 Å². The van der Waals surface area contributed by atoms with Crippen LogP contribution < -0.4 is 4.90 Å². The summed E-state index contributed by atoms with van der Waals surface area (Å²) < 4.78 is 1.87. The molecule has 2 atom stereocenters. The number of nitrogens with one attached hydrogen (secondary N) is 1. The van der Waals surface area contributed by atoms with Crippen LogP contribution in [-0.2, 0) is 4.79 Å². The molecule has 3 aromatic heterocycles. The van der Waals surface area contributed by atoms with Gasteiger partial charge in [-0.05, 0) is 50.8 Å². The van der Waals surface area contributed by atoms with Crippen LogP contribution in [0.1, 0.15) is 44.5 Å². The zero-order valence-corrected chi connectivity index (χ0v) is 16.8. The Bertz CT molecular complexity index is 990. The van der Waals surface area contributed by atoms with Crippen molar-refractivity contribution < 1.29 is 4.79 Å². The van der Waals surface area contributed by atoms with E-state index in [1.165, 1.54) is 0 Å². The molecular weight excluding hydrogens is 366 g/mol. The molecule has 2 saturated heterocycles. The van der Waals surface area contributed by atoms with E-state index in [9.17, 15) is 4.79 Å². The van der Waals surface area contributed by atoms with Crippen LogP contribution in [0, 0.1) is 5.92 Å². The zero-order valence-electron chi connectivity index (χ0n) is 16.8. The monoisotopic (exact) mass is 393 g/mol. The fraction of sp³-hybridized carbons (Fsp3) is 0.524. The summed E-state index contributed by atoms with van der Waals surface area (Å²) in [4.78, 5) is 30.0. The number of imidazole rings is 1.